The predicted molar refractivity (Wildman–Crippen MR) is 77.8 cm³/mol. The van der Waals surface area contributed by atoms with E-state index in [2.05, 4.69) is 26.4 Å². The molecule has 0 saturated carbocycles. The highest BCUT2D eigenvalue weighted by Crippen LogP contribution is 2.30. The van der Waals surface area contributed by atoms with Gasteiger partial charge in [-0.25, -0.2) is 4.79 Å². The lowest BCUT2D eigenvalue weighted by Gasteiger charge is -2.16. The Morgan fingerprint density at radius 3 is 2.17 bits per heavy atom. The van der Waals surface area contributed by atoms with Crippen LogP contribution >= 0.6 is 0 Å². The van der Waals surface area contributed by atoms with Crippen LogP contribution in [0.25, 0.3) is 0 Å². The number of benzene rings is 1. The van der Waals surface area contributed by atoms with Gasteiger partial charge in [-0.2, -0.15) is 0 Å². The fraction of sp³-hybridized carbons (Fsp3) is 0.500. The van der Waals surface area contributed by atoms with Gasteiger partial charge in [0.1, 0.15) is 18.3 Å². The second kappa shape index (κ2) is 5.65. The fourth-order valence-electron chi connectivity index (χ4n) is 1.94. The van der Waals surface area contributed by atoms with Gasteiger partial charge in [-0.05, 0) is 32.4 Å². The van der Waals surface area contributed by atoms with E-state index in [9.17, 15) is 4.79 Å². The van der Waals surface area contributed by atoms with Crippen molar-refractivity contribution >= 4 is 17.0 Å². The highest BCUT2D eigenvalue weighted by molar-refractivity contribution is 7.95. The molecule has 0 heterocycles. The maximum atomic E-state index is 11.6. The van der Waals surface area contributed by atoms with Gasteiger partial charge < -0.3 is 9.64 Å². The minimum atomic E-state index is -0.336. The first-order valence-electron chi connectivity index (χ1n) is 5.83. The maximum Gasteiger partial charge on any atom is 0.414 e. The van der Waals surface area contributed by atoms with Gasteiger partial charge in [-0.3, -0.25) is 0 Å². The van der Waals surface area contributed by atoms with Crippen LogP contribution in [0.5, 0.6) is 5.75 Å². The Bertz CT molecular complexity index is 467. The summed E-state index contributed by atoms with van der Waals surface area (Å²) in [5, 5.41) is 0. The maximum absolute atomic E-state index is 11.6. The molecule has 0 aliphatic carbocycles. The second-order valence-corrected chi connectivity index (χ2v) is 6.89. The van der Waals surface area contributed by atoms with Crippen LogP contribution in [0.2, 0.25) is 0 Å². The summed E-state index contributed by atoms with van der Waals surface area (Å²) in [6, 6.07) is 1.96. The number of nitrogens with zero attached hydrogens (tertiary/aromatic N) is 1. The first-order valence-corrected chi connectivity index (χ1v) is 7.87. The average Bonchev–Trinajstić information content (AvgIpc) is 2.24. The lowest BCUT2D eigenvalue weighted by atomic mass is 10.1. The summed E-state index contributed by atoms with van der Waals surface area (Å²) in [7, 11) is 3.57. The zero-order chi connectivity index (χ0) is 14.0. The lowest BCUT2D eigenvalue weighted by Crippen LogP contribution is -2.25. The topological polar surface area (TPSA) is 29.5 Å². The number of rotatable bonds is 2. The molecule has 1 amide bonds. The normalized spacial score (nSPS) is 10.7. The smallest absolute Gasteiger partial charge is 0.410 e. The molecule has 0 atom stereocenters. The largest absolute Gasteiger partial charge is 0.414 e. The van der Waals surface area contributed by atoms with Crippen molar-refractivity contribution in [2.45, 2.75) is 25.7 Å². The van der Waals surface area contributed by atoms with E-state index in [1.807, 2.05) is 13.0 Å². The summed E-state index contributed by atoms with van der Waals surface area (Å²) < 4.78 is 5.39. The SMILES string of the molecule is Cc1cc(OC(=O)N(C)C)c(C)c(C)c1[S+](C)C. The molecule has 0 saturated heterocycles. The van der Waals surface area contributed by atoms with E-state index < -0.39 is 0 Å². The van der Waals surface area contributed by atoms with Crippen LogP contribution in [0.1, 0.15) is 16.7 Å². The number of carbonyl (C=O) groups excluding carboxylic acids is 1. The van der Waals surface area contributed by atoms with Crippen LogP contribution in [0.15, 0.2) is 11.0 Å². The molecule has 0 N–H and O–H groups in total. The molecule has 4 heteroatoms. The van der Waals surface area contributed by atoms with E-state index in [0.717, 1.165) is 5.56 Å². The summed E-state index contributed by atoms with van der Waals surface area (Å²) >= 11 is 0. The van der Waals surface area contributed by atoms with E-state index >= 15 is 0 Å². The van der Waals surface area contributed by atoms with Crippen molar-refractivity contribution in [3.63, 3.8) is 0 Å². The van der Waals surface area contributed by atoms with E-state index in [-0.39, 0.29) is 17.0 Å². The van der Waals surface area contributed by atoms with Crippen molar-refractivity contribution in [3.8, 4) is 5.75 Å². The van der Waals surface area contributed by atoms with Gasteiger partial charge in [0.05, 0.1) is 0 Å². The van der Waals surface area contributed by atoms with Crippen molar-refractivity contribution in [2.75, 3.05) is 26.6 Å². The Kier molecular flexibility index (Phi) is 4.68. The summed E-state index contributed by atoms with van der Waals surface area (Å²) in [5.41, 5.74) is 3.46. The monoisotopic (exact) mass is 268 g/mol. The number of hydrogen-bond donors (Lipinski definition) is 0. The Morgan fingerprint density at radius 1 is 1.17 bits per heavy atom. The molecule has 0 aliphatic heterocycles. The first-order chi connectivity index (χ1) is 8.25. The predicted octanol–water partition coefficient (Wildman–Crippen LogP) is 2.91. The lowest BCUT2D eigenvalue weighted by molar-refractivity contribution is 0.171. The molecule has 0 bridgehead atoms. The molecule has 0 aliphatic rings. The summed E-state index contributed by atoms with van der Waals surface area (Å²) in [6.45, 7) is 6.17. The van der Waals surface area contributed by atoms with E-state index in [1.165, 1.54) is 20.9 Å². The first kappa shape index (κ1) is 14.9. The van der Waals surface area contributed by atoms with Gasteiger partial charge in [0.25, 0.3) is 0 Å². The number of aryl methyl sites for hydroxylation is 1. The van der Waals surface area contributed by atoms with Crippen LogP contribution in [-0.4, -0.2) is 37.6 Å². The van der Waals surface area contributed by atoms with Gasteiger partial charge in [-0.1, -0.05) is 0 Å². The van der Waals surface area contributed by atoms with Gasteiger partial charge in [0.2, 0.25) is 0 Å². The van der Waals surface area contributed by atoms with Crippen molar-refractivity contribution in [2.24, 2.45) is 0 Å². The molecule has 0 aromatic heterocycles. The van der Waals surface area contributed by atoms with Crippen LogP contribution in [0.3, 0.4) is 0 Å². The number of hydrogen-bond acceptors (Lipinski definition) is 2. The molecule has 1 aromatic carbocycles. The Labute approximate surface area is 112 Å². The Hall–Kier alpha value is -1.16. The molecule has 1 aromatic rings. The van der Waals surface area contributed by atoms with Crippen molar-refractivity contribution in [3.05, 3.63) is 22.8 Å². The second-order valence-electron chi connectivity index (χ2n) is 4.85. The van der Waals surface area contributed by atoms with Crippen LogP contribution in [0, 0.1) is 20.8 Å². The minimum Gasteiger partial charge on any atom is -0.410 e. The van der Waals surface area contributed by atoms with Crippen molar-refractivity contribution < 1.29 is 9.53 Å². The molecule has 1 rings (SSSR count). The van der Waals surface area contributed by atoms with E-state index in [1.54, 1.807) is 14.1 Å². The highest BCUT2D eigenvalue weighted by Gasteiger charge is 2.21. The third-order valence-electron chi connectivity index (χ3n) is 2.95. The molecule has 0 spiro atoms. The zero-order valence-corrected chi connectivity index (χ0v) is 13.1. The molecule has 0 unspecified atom stereocenters. The quantitative estimate of drug-likeness (QED) is 0.772. The van der Waals surface area contributed by atoms with E-state index in [4.69, 9.17) is 4.74 Å². The summed E-state index contributed by atoms with van der Waals surface area (Å²) in [4.78, 5) is 14.4. The molecule has 18 heavy (non-hydrogen) atoms. The standard InChI is InChI=1S/C14H22NO2S/c1-9-8-12(17-14(16)15(4)5)10(2)11(3)13(9)18(6)7/h8H,1-7H3/q+1. The third-order valence-corrected chi connectivity index (χ3v) is 4.39. The fourth-order valence-corrected chi connectivity index (χ4v) is 3.41. The molecule has 100 valence electrons. The average molecular weight is 268 g/mol. The van der Waals surface area contributed by atoms with Gasteiger partial charge in [0.15, 0.2) is 4.90 Å². The number of amides is 1. The van der Waals surface area contributed by atoms with E-state index in [0.29, 0.717) is 5.75 Å². The summed E-state index contributed by atoms with van der Waals surface area (Å²) in [5.74, 6) is 0.665. The van der Waals surface area contributed by atoms with Gasteiger partial charge in [0, 0.05) is 36.1 Å². The molecular formula is C14H22NO2S+. The van der Waals surface area contributed by atoms with Gasteiger partial charge >= 0.3 is 6.09 Å². The van der Waals surface area contributed by atoms with Crippen LogP contribution in [-0.2, 0) is 10.9 Å². The molecule has 0 fully saturated rings. The highest BCUT2D eigenvalue weighted by atomic mass is 32.2. The third kappa shape index (κ3) is 2.99. The van der Waals surface area contributed by atoms with Gasteiger partial charge in [-0.15, -0.1) is 0 Å². The molecule has 3 nitrogen and oxygen atoms in total. The number of ether oxygens (including phenoxy) is 1. The minimum absolute atomic E-state index is 0.207. The van der Waals surface area contributed by atoms with Crippen molar-refractivity contribution in [1.29, 1.82) is 0 Å². The van der Waals surface area contributed by atoms with Crippen LogP contribution in [0.4, 0.5) is 4.79 Å². The Morgan fingerprint density at radius 2 is 1.72 bits per heavy atom. The molecule has 0 radical (unpaired) electrons. The van der Waals surface area contributed by atoms with Crippen LogP contribution < -0.4 is 4.74 Å². The van der Waals surface area contributed by atoms with Crippen molar-refractivity contribution in [1.82, 2.24) is 4.90 Å². The Balaban J connectivity index is 3.21. The zero-order valence-electron chi connectivity index (χ0n) is 12.2. The summed E-state index contributed by atoms with van der Waals surface area (Å²) in [6.07, 6.45) is 4.08. The number of carbonyl (C=O) groups is 1. The molecular weight excluding hydrogens is 246 g/mol.